The smallest absolute Gasteiger partial charge is 0.159 e. The highest BCUT2D eigenvalue weighted by atomic mass is 35.5. The SMILES string of the molecule is CC(=O)C1=CCC(OCCOC(Cl)C(C)c2ccccc2)C=C1. The lowest BCUT2D eigenvalue weighted by atomic mass is 10.0. The number of ketones is 1. The monoisotopic (exact) mass is 334 g/mol. The molecule has 0 aliphatic heterocycles. The number of carbonyl (C=O) groups excluding carboxylic acids is 1. The van der Waals surface area contributed by atoms with Gasteiger partial charge in [0.1, 0.15) is 5.56 Å². The maximum Gasteiger partial charge on any atom is 0.159 e. The summed E-state index contributed by atoms with van der Waals surface area (Å²) in [4.78, 5) is 11.2. The number of halogens is 1. The van der Waals surface area contributed by atoms with Crippen LogP contribution in [0.1, 0.15) is 31.7 Å². The Bertz CT molecular complexity index is 565. The van der Waals surface area contributed by atoms with Crippen molar-refractivity contribution in [1.29, 1.82) is 0 Å². The van der Waals surface area contributed by atoms with E-state index in [0.29, 0.717) is 13.2 Å². The van der Waals surface area contributed by atoms with Gasteiger partial charge >= 0.3 is 0 Å². The Balaban J connectivity index is 1.66. The van der Waals surface area contributed by atoms with Gasteiger partial charge in [-0.25, -0.2) is 0 Å². The predicted octanol–water partition coefficient (Wildman–Crippen LogP) is 4.23. The zero-order chi connectivity index (χ0) is 16.7. The third kappa shape index (κ3) is 5.61. The molecule has 0 saturated carbocycles. The molecule has 0 spiro atoms. The highest BCUT2D eigenvalue weighted by Crippen LogP contribution is 2.23. The Morgan fingerprint density at radius 2 is 2.04 bits per heavy atom. The average Bonchev–Trinajstić information content (AvgIpc) is 2.59. The lowest BCUT2D eigenvalue weighted by molar-refractivity contribution is -0.113. The summed E-state index contributed by atoms with van der Waals surface area (Å²) in [6.45, 7) is 4.54. The van der Waals surface area contributed by atoms with E-state index >= 15 is 0 Å². The lowest BCUT2D eigenvalue weighted by Gasteiger charge is -2.20. The molecule has 0 bridgehead atoms. The molecule has 0 radical (unpaired) electrons. The summed E-state index contributed by atoms with van der Waals surface area (Å²) in [5.74, 6) is 0.205. The van der Waals surface area contributed by atoms with Crippen molar-refractivity contribution in [2.45, 2.75) is 37.9 Å². The molecule has 3 atom stereocenters. The van der Waals surface area contributed by atoms with Gasteiger partial charge < -0.3 is 9.47 Å². The second-order valence-electron chi connectivity index (χ2n) is 5.64. The fourth-order valence-corrected chi connectivity index (χ4v) is 2.63. The third-order valence-corrected chi connectivity index (χ3v) is 4.38. The van der Waals surface area contributed by atoms with Crippen molar-refractivity contribution < 1.29 is 14.3 Å². The van der Waals surface area contributed by atoms with E-state index in [1.807, 2.05) is 55.5 Å². The number of allylic oxidation sites excluding steroid dienone is 2. The maximum absolute atomic E-state index is 11.2. The van der Waals surface area contributed by atoms with Crippen LogP contribution in [0.5, 0.6) is 0 Å². The fourth-order valence-electron chi connectivity index (χ4n) is 2.40. The highest BCUT2D eigenvalue weighted by molar-refractivity contribution is 6.20. The number of ether oxygens (including phenoxy) is 2. The van der Waals surface area contributed by atoms with Gasteiger partial charge in [0.2, 0.25) is 0 Å². The van der Waals surface area contributed by atoms with Crippen LogP contribution in [0.2, 0.25) is 0 Å². The number of rotatable bonds is 8. The van der Waals surface area contributed by atoms with Crippen LogP contribution in [0.25, 0.3) is 0 Å². The van der Waals surface area contributed by atoms with Crippen LogP contribution in [0, 0.1) is 0 Å². The summed E-state index contributed by atoms with van der Waals surface area (Å²) in [5, 5.41) is 0. The highest BCUT2D eigenvalue weighted by Gasteiger charge is 2.17. The zero-order valence-electron chi connectivity index (χ0n) is 13.6. The summed E-state index contributed by atoms with van der Waals surface area (Å²) >= 11 is 6.30. The largest absolute Gasteiger partial charge is 0.371 e. The van der Waals surface area contributed by atoms with Crippen LogP contribution in [0.3, 0.4) is 0 Å². The first kappa shape index (κ1) is 17.9. The van der Waals surface area contributed by atoms with Gasteiger partial charge in [0.25, 0.3) is 0 Å². The van der Waals surface area contributed by atoms with Gasteiger partial charge in [0.05, 0.1) is 19.3 Å². The first-order valence-electron chi connectivity index (χ1n) is 7.89. The Morgan fingerprint density at radius 1 is 1.30 bits per heavy atom. The van der Waals surface area contributed by atoms with Gasteiger partial charge in [0.15, 0.2) is 5.78 Å². The molecule has 0 saturated heterocycles. The van der Waals surface area contributed by atoms with E-state index in [1.54, 1.807) is 6.92 Å². The van der Waals surface area contributed by atoms with Gasteiger partial charge in [-0.15, -0.1) is 0 Å². The van der Waals surface area contributed by atoms with E-state index in [2.05, 4.69) is 0 Å². The van der Waals surface area contributed by atoms with Crippen molar-refractivity contribution in [3.05, 3.63) is 59.7 Å². The lowest BCUT2D eigenvalue weighted by Crippen LogP contribution is -2.20. The van der Waals surface area contributed by atoms with Crippen LogP contribution >= 0.6 is 11.6 Å². The summed E-state index contributed by atoms with van der Waals surface area (Å²) in [7, 11) is 0. The van der Waals surface area contributed by atoms with Crippen molar-refractivity contribution in [3.63, 3.8) is 0 Å². The molecule has 1 aromatic carbocycles. The first-order valence-corrected chi connectivity index (χ1v) is 8.33. The second kappa shape index (κ2) is 9.02. The van der Waals surface area contributed by atoms with E-state index < -0.39 is 0 Å². The number of benzene rings is 1. The number of carbonyl (C=O) groups is 1. The molecule has 0 amide bonds. The zero-order valence-corrected chi connectivity index (χ0v) is 14.3. The normalized spacial score (nSPS) is 20.0. The van der Waals surface area contributed by atoms with Crippen LogP contribution in [0.15, 0.2) is 54.1 Å². The second-order valence-corrected chi connectivity index (χ2v) is 6.07. The Kier molecular flexibility index (Phi) is 7.03. The van der Waals surface area contributed by atoms with Crippen LogP contribution < -0.4 is 0 Å². The van der Waals surface area contributed by atoms with Crippen LogP contribution in [0.4, 0.5) is 0 Å². The molecule has 1 aliphatic rings. The standard InChI is InChI=1S/C19H23ClO3/c1-14(16-6-4-3-5-7-16)19(20)23-13-12-22-18-10-8-17(9-11-18)15(2)21/h3-10,14,18-19H,11-13H2,1-2H3. The quantitative estimate of drug-likeness (QED) is 0.527. The minimum absolute atomic E-state index is 0.00187. The number of alkyl halides is 1. The molecular weight excluding hydrogens is 312 g/mol. The summed E-state index contributed by atoms with van der Waals surface area (Å²) in [6, 6.07) is 10.1. The maximum atomic E-state index is 11.2. The molecule has 0 fully saturated rings. The predicted molar refractivity (Wildman–Crippen MR) is 92.7 cm³/mol. The van der Waals surface area contributed by atoms with Crippen LogP contribution in [-0.4, -0.2) is 30.7 Å². The third-order valence-electron chi connectivity index (χ3n) is 3.88. The Labute approximate surface area is 142 Å². The van der Waals surface area contributed by atoms with Gasteiger partial charge in [-0.2, -0.15) is 0 Å². The molecule has 0 aromatic heterocycles. The topological polar surface area (TPSA) is 35.5 Å². The molecule has 23 heavy (non-hydrogen) atoms. The Hall–Kier alpha value is -1.42. The van der Waals surface area contributed by atoms with Gasteiger partial charge in [-0.1, -0.05) is 67.1 Å². The summed E-state index contributed by atoms with van der Waals surface area (Å²) in [6.07, 6.45) is 6.37. The molecular formula is C19H23ClO3. The van der Waals surface area contributed by atoms with Crippen molar-refractivity contribution >= 4 is 17.4 Å². The Morgan fingerprint density at radius 3 is 2.65 bits per heavy atom. The van der Waals surface area contributed by atoms with Crippen molar-refractivity contribution in [3.8, 4) is 0 Å². The van der Waals surface area contributed by atoms with E-state index in [-0.39, 0.29) is 23.4 Å². The first-order chi connectivity index (χ1) is 11.1. The van der Waals surface area contributed by atoms with Gasteiger partial charge in [-0.3, -0.25) is 4.79 Å². The van der Waals surface area contributed by atoms with Crippen LogP contribution in [-0.2, 0) is 14.3 Å². The number of hydrogen-bond donors (Lipinski definition) is 0. The van der Waals surface area contributed by atoms with Gasteiger partial charge in [-0.05, 0) is 18.9 Å². The summed E-state index contributed by atoms with van der Waals surface area (Å²) < 4.78 is 11.4. The van der Waals surface area contributed by atoms with Crippen molar-refractivity contribution in [1.82, 2.24) is 0 Å². The van der Waals surface area contributed by atoms with E-state index in [9.17, 15) is 4.79 Å². The average molecular weight is 335 g/mol. The molecule has 0 N–H and O–H groups in total. The molecule has 1 aliphatic carbocycles. The molecule has 1 aromatic rings. The van der Waals surface area contributed by atoms with E-state index in [0.717, 1.165) is 17.6 Å². The van der Waals surface area contributed by atoms with Crippen molar-refractivity contribution in [2.75, 3.05) is 13.2 Å². The molecule has 0 heterocycles. The van der Waals surface area contributed by atoms with E-state index in [1.165, 1.54) is 0 Å². The van der Waals surface area contributed by atoms with E-state index in [4.69, 9.17) is 21.1 Å². The fraction of sp³-hybridized carbons (Fsp3) is 0.421. The minimum atomic E-state index is -0.382. The number of hydrogen-bond acceptors (Lipinski definition) is 3. The minimum Gasteiger partial charge on any atom is -0.371 e. The summed E-state index contributed by atoms with van der Waals surface area (Å²) in [5.41, 5.74) is 1.52. The molecule has 3 nitrogen and oxygen atoms in total. The molecule has 2 rings (SSSR count). The number of Topliss-reactive ketones (excluding diaryl/α,β-unsaturated/α-hetero) is 1. The molecule has 124 valence electrons. The van der Waals surface area contributed by atoms with Gasteiger partial charge in [0, 0.05) is 11.5 Å². The molecule has 3 unspecified atom stereocenters. The van der Waals surface area contributed by atoms with Crippen molar-refractivity contribution in [2.24, 2.45) is 0 Å². The molecule has 4 heteroatoms.